The van der Waals surface area contributed by atoms with Crippen LogP contribution in [0.15, 0.2) is 60.7 Å². The van der Waals surface area contributed by atoms with E-state index in [4.69, 9.17) is 11.6 Å². The van der Waals surface area contributed by atoms with Crippen molar-refractivity contribution in [2.75, 3.05) is 0 Å². The molecule has 0 fully saturated rings. The predicted molar refractivity (Wildman–Crippen MR) is 112 cm³/mol. The van der Waals surface area contributed by atoms with Gasteiger partial charge in [-0.3, -0.25) is 0 Å². The number of phenols is 1. The topological polar surface area (TPSA) is 20.2 Å². The normalized spacial score (nSPS) is 10.6. The van der Waals surface area contributed by atoms with Crippen molar-refractivity contribution in [3.05, 3.63) is 88.4 Å². The Hall–Kier alpha value is -1.09. The smallest absolute Gasteiger partial charge is 0.0253 e. The van der Waals surface area contributed by atoms with E-state index >= 15 is 0 Å². The van der Waals surface area contributed by atoms with Crippen LogP contribution >= 0.6 is 11.6 Å². The van der Waals surface area contributed by atoms with Gasteiger partial charge in [-0.25, -0.2) is 0 Å². The molecule has 5 heteroatoms. The van der Waals surface area contributed by atoms with Crippen molar-refractivity contribution in [2.24, 2.45) is 0 Å². The van der Waals surface area contributed by atoms with E-state index < -0.39 is 0 Å². The molecule has 4 rings (SSSR count). The molecule has 0 aromatic heterocycles. The first-order valence-corrected chi connectivity index (χ1v) is 10.3. The van der Waals surface area contributed by atoms with E-state index in [0.717, 1.165) is 12.0 Å². The summed E-state index contributed by atoms with van der Waals surface area (Å²) in [6.45, 7) is 6.24. The zero-order valence-corrected chi connectivity index (χ0v) is 20.6. The van der Waals surface area contributed by atoms with Gasteiger partial charge in [0, 0.05) is 5.02 Å². The van der Waals surface area contributed by atoms with Crippen LogP contribution in [0.2, 0.25) is 5.02 Å². The number of fused-ring (bicyclic) bond motifs is 3. The molecule has 1 nitrogen and oxygen atoms in total. The number of halogens is 3. The van der Waals surface area contributed by atoms with Crippen LogP contribution < -0.4 is 24.8 Å². The Bertz CT molecular complexity index is 856. The molecule has 0 saturated heterocycles. The average Bonchev–Trinajstić information content (AvgIpc) is 3.01. The molecule has 0 heterocycles. The summed E-state index contributed by atoms with van der Waals surface area (Å²) in [5, 5.41) is 9.86. The van der Waals surface area contributed by atoms with Gasteiger partial charge in [-0.05, 0) is 35.6 Å². The molecule has 3 aromatic rings. The number of rotatable bonds is 0. The maximum atomic E-state index is 9.27. The second-order valence-corrected chi connectivity index (χ2v) is 7.78. The summed E-state index contributed by atoms with van der Waals surface area (Å²) >= 11 is 7.55. The molecule has 0 radical (unpaired) electrons. The molecule has 29 heavy (non-hydrogen) atoms. The van der Waals surface area contributed by atoms with Gasteiger partial charge in [0.2, 0.25) is 0 Å². The number of hydrogen-bond acceptors (Lipinski definition) is 1. The van der Waals surface area contributed by atoms with Gasteiger partial charge in [-0.2, -0.15) is 29.8 Å². The Morgan fingerprint density at radius 3 is 2.21 bits per heavy atom. The predicted octanol–water partition coefficient (Wildman–Crippen LogP) is 0.374. The van der Waals surface area contributed by atoms with Crippen LogP contribution in [0, 0.1) is 6.07 Å². The standard InChI is InChI=1S/C13H9.C10H13ClO.CH2.2ClH.Ti/c1-3-7-12-10(5-1)9-11-6-2-4-8-13(11)12;1-10(2,3)7-4-8(11)6-9(12)5-7;;;;/h1-5,7-8H,9H2;4-6,12H,1-3H3;1H2;2*1H;/q-1;;;;;+1/p-2. The minimum atomic E-state index is 0. The van der Waals surface area contributed by atoms with E-state index in [1.54, 1.807) is 26.0 Å². The van der Waals surface area contributed by atoms with E-state index in [1.165, 1.54) is 28.3 Å². The van der Waals surface area contributed by atoms with Crippen molar-refractivity contribution in [1.29, 1.82) is 0 Å². The summed E-state index contributed by atoms with van der Waals surface area (Å²) in [5.41, 5.74) is 6.59. The fraction of sp³-hybridized carbons (Fsp3) is 0.208. The van der Waals surface area contributed by atoms with Crippen molar-refractivity contribution in [2.45, 2.75) is 32.6 Å². The molecule has 0 saturated carbocycles. The zero-order chi connectivity index (χ0) is 20.0. The molecule has 1 aliphatic rings. The summed E-state index contributed by atoms with van der Waals surface area (Å²) in [4.78, 5) is 3.25. The van der Waals surface area contributed by atoms with Gasteiger partial charge in [-0.1, -0.05) is 67.8 Å². The minimum absolute atomic E-state index is 0. The molecular weight excluding hydrogens is 458 g/mol. The number of phenolic OH excluding ortho intramolecular Hbond substituents is 1. The van der Waals surface area contributed by atoms with E-state index in [1.807, 2.05) is 12.1 Å². The van der Waals surface area contributed by atoms with E-state index in [9.17, 15) is 5.11 Å². The molecule has 0 unspecified atom stereocenters. The van der Waals surface area contributed by atoms with E-state index in [-0.39, 0.29) is 36.0 Å². The second kappa shape index (κ2) is 12.6. The fourth-order valence-electron chi connectivity index (χ4n) is 3.00. The molecule has 1 N–H and O–H groups in total. The Morgan fingerprint density at radius 2 is 1.59 bits per heavy atom. The molecule has 1 aliphatic carbocycles. The van der Waals surface area contributed by atoms with Crippen LogP contribution in [0.5, 0.6) is 5.75 Å². The monoisotopic (exact) mass is 481 g/mol. The van der Waals surface area contributed by atoms with Gasteiger partial charge in [0.1, 0.15) is 5.75 Å². The second-order valence-electron chi connectivity index (χ2n) is 7.34. The number of aromatic hydroxyl groups is 1. The largest absolute Gasteiger partial charge is 1.00 e. The molecule has 153 valence electrons. The van der Waals surface area contributed by atoms with Crippen molar-refractivity contribution >= 4 is 16.4 Å². The Balaban J connectivity index is 0.000000471. The first-order valence-electron chi connectivity index (χ1n) is 8.78. The van der Waals surface area contributed by atoms with Gasteiger partial charge >= 0.3 is 24.8 Å². The third kappa shape index (κ3) is 7.59. The third-order valence-corrected chi connectivity index (χ3v) is 4.58. The zero-order valence-electron chi connectivity index (χ0n) is 16.8. The summed E-state index contributed by atoms with van der Waals surface area (Å²) in [6.07, 6.45) is 1.05. The quantitative estimate of drug-likeness (QED) is 0.284. The van der Waals surface area contributed by atoms with E-state index in [2.05, 4.69) is 68.1 Å². The molecule has 3 aromatic carbocycles. The molecule has 0 aliphatic heterocycles. The summed E-state index contributed by atoms with van der Waals surface area (Å²) < 4.78 is 0. The third-order valence-electron chi connectivity index (χ3n) is 4.37. The molecule has 0 amide bonds. The Kier molecular flexibility index (Phi) is 12.1. The van der Waals surface area contributed by atoms with Crippen molar-refractivity contribution in [1.82, 2.24) is 0 Å². The van der Waals surface area contributed by atoms with Crippen molar-refractivity contribution in [3.63, 3.8) is 0 Å². The Morgan fingerprint density at radius 1 is 0.966 bits per heavy atom. The minimum Gasteiger partial charge on any atom is -1.00 e. The van der Waals surface area contributed by atoms with Crippen molar-refractivity contribution < 1.29 is 49.9 Å². The average molecular weight is 483 g/mol. The maximum Gasteiger partial charge on any atom is -0.0253 e. The fourth-order valence-corrected chi connectivity index (χ4v) is 3.23. The maximum absolute atomic E-state index is 9.27. The van der Waals surface area contributed by atoms with Crippen LogP contribution in [-0.4, -0.2) is 9.92 Å². The van der Waals surface area contributed by atoms with Crippen LogP contribution in [0.25, 0.3) is 11.1 Å². The summed E-state index contributed by atoms with van der Waals surface area (Å²) in [7, 11) is 0. The molecular formula is C24H24Cl3OTi-2. The number of hydrogen-bond donors (Lipinski definition) is 1. The first kappa shape index (κ1) is 27.9. The number of benzene rings is 3. The van der Waals surface area contributed by atoms with Gasteiger partial charge in [0.05, 0.1) is 0 Å². The van der Waals surface area contributed by atoms with Crippen LogP contribution in [0.1, 0.15) is 37.5 Å². The summed E-state index contributed by atoms with van der Waals surface area (Å²) in [6, 6.07) is 23.3. The summed E-state index contributed by atoms with van der Waals surface area (Å²) in [5.74, 6) is 0.229. The van der Waals surface area contributed by atoms with Gasteiger partial charge in [0.15, 0.2) is 0 Å². The Labute approximate surface area is 203 Å². The SMILES string of the molecule is CC(C)(C)c1cc(O)cc(Cl)c1.[CH2]=[Ti+].[Cl-].[Cl-].[c-]1cccc2c1Cc1ccccc1-2. The van der Waals surface area contributed by atoms with Gasteiger partial charge in [0.25, 0.3) is 0 Å². The van der Waals surface area contributed by atoms with Gasteiger partial charge in [-0.15, -0.1) is 5.56 Å². The van der Waals surface area contributed by atoms with Crippen molar-refractivity contribution in [3.8, 4) is 16.9 Å². The van der Waals surface area contributed by atoms with Crippen LogP contribution in [0.3, 0.4) is 0 Å². The van der Waals surface area contributed by atoms with Crippen LogP contribution in [0.4, 0.5) is 0 Å². The van der Waals surface area contributed by atoms with Gasteiger partial charge < -0.3 is 29.9 Å². The molecule has 0 atom stereocenters. The van der Waals surface area contributed by atoms with Crippen LogP contribution in [-0.2, 0) is 31.8 Å². The molecule has 0 bridgehead atoms. The first-order chi connectivity index (χ1) is 12.8. The van der Waals surface area contributed by atoms with E-state index in [0.29, 0.717) is 5.02 Å². The molecule has 0 spiro atoms.